The third kappa shape index (κ3) is 3.91. The van der Waals surface area contributed by atoms with Gasteiger partial charge in [-0.1, -0.05) is 17.2 Å². The van der Waals surface area contributed by atoms with Gasteiger partial charge >= 0.3 is 6.01 Å². The normalized spacial score (nSPS) is 11.6. The van der Waals surface area contributed by atoms with E-state index < -0.39 is 15.1 Å². The van der Waals surface area contributed by atoms with Crippen molar-refractivity contribution in [3.05, 3.63) is 36.2 Å². The summed E-state index contributed by atoms with van der Waals surface area (Å²) in [6.07, 6.45) is 1.58. The Kier molecular flexibility index (Phi) is 5.23. The highest BCUT2D eigenvalue weighted by atomic mass is 32.2. The van der Waals surface area contributed by atoms with Crippen molar-refractivity contribution in [3.63, 3.8) is 0 Å². The molecular weight excluding hydrogens is 382 g/mol. The number of carbonyl (C=O) groups excluding carboxylic acids is 1. The highest BCUT2D eigenvalue weighted by Crippen LogP contribution is 2.26. The Morgan fingerprint density at radius 3 is 2.43 bits per heavy atom. The molecule has 0 spiro atoms. The molecule has 0 aliphatic carbocycles. The Balaban J connectivity index is 1.95. The molecule has 0 saturated carbocycles. The first kappa shape index (κ1) is 19.6. The van der Waals surface area contributed by atoms with Crippen molar-refractivity contribution in [2.24, 2.45) is 0 Å². The van der Waals surface area contributed by atoms with Crippen LogP contribution in [0.2, 0.25) is 0 Å². The fourth-order valence-electron chi connectivity index (χ4n) is 2.40. The topological polar surface area (TPSA) is 128 Å². The second-order valence-electron chi connectivity index (χ2n) is 6.40. The van der Waals surface area contributed by atoms with E-state index in [1.807, 2.05) is 0 Å². The minimum absolute atomic E-state index is 0.0302. The largest absolute Gasteiger partial charge is 0.401 e. The molecule has 0 radical (unpaired) electrons. The standard InChI is InChI=1S/C18H19N5O4S/c1-10(2)28(25,26)14-7-5-13(6-8-14)15-9-19-11(3)16(21-15)17-22-23-18(27-17)20-12(4)24/h5-10H,1-4H3,(H,20,23,24). The zero-order valence-electron chi connectivity index (χ0n) is 15.8. The summed E-state index contributed by atoms with van der Waals surface area (Å²) in [6, 6.07) is 6.42. The van der Waals surface area contributed by atoms with Gasteiger partial charge in [0, 0.05) is 12.5 Å². The summed E-state index contributed by atoms with van der Waals surface area (Å²) in [4.78, 5) is 20.2. The fourth-order valence-corrected chi connectivity index (χ4v) is 3.46. The Bertz CT molecular complexity index is 1120. The molecule has 0 bridgehead atoms. The lowest BCUT2D eigenvalue weighted by molar-refractivity contribution is -0.114. The van der Waals surface area contributed by atoms with E-state index in [-0.39, 0.29) is 22.7 Å². The average Bonchev–Trinajstić information content (AvgIpc) is 3.09. The average molecular weight is 401 g/mol. The molecule has 10 heteroatoms. The number of aromatic nitrogens is 4. The SMILES string of the molecule is CC(=O)Nc1nnc(-c2nc(-c3ccc(S(=O)(=O)C(C)C)cc3)cnc2C)o1. The maximum Gasteiger partial charge on any atom is 0.322 e. The predicted molar refractivity (Wildman–Crippen MR) is 102 cm³/mol. The summed E-state index contributed by atoms with van der Waals surface area (Å²) >= 11 is 0. The number of hydrogen-bond donors (Lipinski definition) is 1. The van der Waals surface area contributed by atoms with Crippen molar-refractivity contribution < 1.29 is 17.6 Å². The minimum Gasteiger partial charge on any atom is -0.401 e. The molecule has 0 aliphatic heterocycles. The van der Waals surface area contributed by atoms with Crippen LogP contribution in [0.5, 0.6) is 0 Å². The Morgan fingerprint density at radius 2 is 1.82 bits per heavy atom. The Morgan fingerprint density at radius 1 is 1.14 bits per heavy atom. The van der Waals surface area contributed by atoms with Crippen LogP contribution in [-0.2, 0) is 14.6 Å². The molecular formula is C18H19N5O4S. The van der Waals surface area contributed by atoms with E-state index >= 15 is 0 Å². The van der Waals surface area contributed by atoms with Gasteiger partial charge in [0.05, 0.1) is 27.7 Å². The van der Waals surface area contributed by atoms with E-state index in [1.54, 1.807) is 51.2 Å². The maximum atomic E-state index is 12.3. The second kappa shape index (κ2) is 7.47. The van der Waals surface area contributed by atoms with E-state index in [2.05, 4.69) is 25.5 Å². The molecule has 0 unspecified atom stereocenters. The summed E-state index contributed by atoms with van der Waals surface area (Å²) in [7, 11) is -3.34. The van der Waals surface area contributed by atoms with Crippen molar-refractivity contribution in [2.75, 3.05) is 5.32 Å². The first-order chi connectivity index (χ1) is 13.2. The van der Waals surface area contributed by atoms with Gasteiger partial charge in [-0.15, -0.1) is 5.10 Å². The predicted octanol–water partition coefficient (Wildman–Crippen LogP) is 2.64. The monoisotopic (exact) mass is 401 g/mol. The molecule has 0 fully saturated rings. The molecule has 2 aromatic heterocycles. The van der Waals surface area contributed by atoms with Gasteiger partial charge in [0.15, 0.2) is 9.84 Å². The van der Waals surface area contributed by atoms with Gasteiger partial charge in [-0.3, -0.25) is 15.1 Å². The lowest BCUT2D eigenvalue weighted by Gasteiger charge is -2.09. The maximum absolute atomic E-state index is 12.3. The van der Waals surface area contributed by atoms with E-state index in [0.717, 1.165) is 0 Å². The zero-order valence-corrected chi connectivity index (χ0v) is 16.6. The molecule has 28 heavy (non-hydrogen) atoms. The van der Waals surface area contributed by atoms with Gasteiger partial charge in [-0.25, -0.2) is 13.4 Å². The van der Waals surface area contributed by atoms with Gasteiger partial charge in [-0.2, -0.15) is 0 Å². The number of aryl methyl sites for hydroxylation is 1. The van der Waals surface area contributed by atoms with Crippen LogP contribution in [0.15, 0.2) is 39.8 Å². The molecule has 3 rings (SSSR count). The van der Waals surface area contributed by atoms with E-state index in [1.165, 1.54) is 6.92 Å². The number of nitrogens with zero attached hydrogens (tertiary/aromatic N) is 4. The quantitative estimate of drug-likeness (QED) is 0.691. The van der Waals surface area contributed by atoms with Crippen molar-refractivity contribution in [2.45, 2.75) is 37.8 Å². The van der Waals surface area contributed by atoms with E-state index in [0.29, 0.717) is 22.6 Å². The second-order valence-corrected chi connectivity index (χ2v) is 8.91. The van der Waals surface area contributed by atoms with Crippen molar-refractivity contribution in [1.29, 1.82) is 0 Å². The molecule has 0 saturated heterocycles. The summed E-state index contributed by atoms with van der Waals surface area (Å²) in [5.74, 6) is -0.210. The van der Waals surface area contributed by atoms with Crippen molar-refractivity contribution in [1.82, 2.24) is 20.2 Å². The molecule has 3 aromatic rings. The van der Waals surface area contributed by atoms with Crippen molar-refractivity contribution in [3.8, 4) is 22.8 Å². The smallest absolute Gasteiger partial charge is 0.322 e. The fraction of sp³-hybridized carbons (Fsp3) is 0.278. The van der Waals surface area contributed by atoms with Gasteiger partial charge in [-0.05, 0) is 32.9 Å². The van der Waals surface area contributed by atoms with Crippen LogP contribution in [0.25, 0.3) is 22.8 Å². The number of hydrogen-bond acceptors (Lipinski definition) is 8. The van der Waals surface area contributed by atoms with Crippen LogP contribution in [0.1, 0.15) is 26.5 Å². The Hall–Kier alpha value is -3.14. The number of benzene rings is 1. The summed E-state index contributed by atoms with van der Waals surface area (Å²) in [5, 5.41) is 9.54. The third-order valence-electron chi connectivity index (χ3n) is 3.97. The molecule has 1 aromatic carbocycles. The third-order valence-corrected chi connectivity index (χ3v) is 6.14. The van der Waals surface area contributed by atoms with E-state index in [9.17, 15) is 13.2 Å². The minimum atomic E-state index is -3.34. The molecule has 1 N–H and O–H groups in total. The van der Waals surface area contributed by atoms with Gasteiger partial charge in [0.25, 0.3) is 5.89 Å². The summed E-state index contributed by atoms with van der Waals surface area (Å²) in [5.41, 5.74) is 2.16. The molecule has 0 atom stereocenters. The Labute approximate surface area is 162 Å². The number of sulfone groups is 1. The summed E-state index contributed by atoms with van der Waals surface area (Å²) in [6.45, 7) is 6.35. The number of amides is 1. The molecule has 9 nitrogen and oxygen atoms in total. The number of rotatable bonds is 5. The zero-order chi connectivity index (χ0) is 20.5. The van der Waals surface area contributed by atoms with Gasteiger partial charge in [0.1, 0.15) is 5.69 Å². The number of anilines is 1. The molecule has 2 heterocycles. The van der Waals surface area contributed by atoms with Gasteiger partial charge < -0.3 is 4.42 Å². The van der Waals surface area contributed by atoms with Crippen LogP contribution in [0.4, 0.5) is 6.01 Å². The van der Waals surface area contributed by atoms with Crippen LogP contribution in [0.3, 0.4) is 0 Å². The lowest BCUT2D eigenvalue weighted by atomic mass is 10.1. The summed E-state index contributed by atoms with van der Waals surface area (Å²) < 4.78 is 29.9. The lowest BCUT2D eigenvalue weighted by Crippen LogP contribution is -2.13. The van der Waals surface area contributed by atoms with Crippen molar-refractivity contribution >= 4 is 21.8 Å². The first-order valence-electron chi connectivity index (χ1n) is 8.48. The van der Waals surface area contributed by atoms with Crippen LogP contribution in [0, 0.1) is 6.92 Å². The van der Waals surface area contributed by atoms with Crippen LogP contribution < -0.4 is 5.32 Å². The number of nitrogens with one attached hydrogen (secondary N) is 1. The highest BCUT2D eigenvalue weighted by Gasteiger charge is 2.20. The molecule has 1 amide bonds. The number of carbonyl (C=O) groups is 1. The van der Waals surface area contributed by atoms with Gasteiger partial charge in [0.2, 0.25) is 5.91 Å². The molecule has 0 aliphatic rings. The van der Waals surface area contributed by atoms with E-state index in [4.69, 9.17) is 4.42 Å². The van der Waals surface area contributed by atoms with Crippen LogP contribution >= 0.6 is 0 Å². The first-order valence-corrected chi connectivity index (χ1v) is 10.0. The highest BCUT2D eigenvalue weighted by molar-refractivity contribution is 7.92. The molecule has 146 valence electrons. The van der Waals surface area contributed by atoms with Crippen LogP contribution in [-0.4, -0.2) is 39.7 Å².